The molecule has 6 aliphatic rings. The van der Waals surface area contributed by atoms with Gasteiger partial charge in [-0.05, 0) is 25.0 Å². The normalized spacial score (nSPS) is 52.0. The standard InChI is InChI=1S/C31H41NO11/c1-15(33)43-31-18-19(40-3)20-27(14-39-2)11-10-17(34)30(20,22(18)32-13-27)29(38)12-28(37,25(41-4)23(31)35)24(21(29)31)42-26(36)16-8-6-5-7-9-16/h5-9,17-25,32,34-35,37-38H,10-14H2,1-4H3/t17-,18-,19-,20+,21-,22+,23-,24+,25-,27-,28+,29-,30+,31-/m0/s1. The number of benzene rings is 1. The first-order valence-electron chi connectivity index (χ1n) is 15.0. The zero-order valence-corrected chi connectivity index (χ0v) is 24.8. The lowest BCUT2D eigenvalue weighted by molar-refractivity contribution is -0.332. The zero-order chi connectivity index (χ0) is 30.7. The van der Waals surface area contributed by atoms with Gasteiger partial charge in [0, 0.05) is 69.9 Å². The van der Waals surface area contributed by atoms with E-state index in [4.69, 9.17) is 23.7 Å². The average molecular weight is 604 g/mol. The molecule has 12 heteroatoms. The van der Waals surface area contributed by atoms with Crippen molar-refractivity contribution in [3.8, 4) is 0 Å². The number of rotatable bonds is 7. The van der Waals surface area contributed by atoms with Crippen LogP contribution in [0.1, 0.15) is 36.5 Å². The first-order chi connectivity index (χ1) is 20.4. The number of methoxy groups -OCH3 is 3. The third kappa shape index (κ3) is 3.18. The van der Waals surface area contributed by atoms with Crippen molar-refractivity contribution in [1.29, 1.82) is 0 Å². The topological polar surface area (TPSA) is 173 Å². The van der Waals surface area contributed by atoms with Crippen molar-refractivity contribution in [3.05, 3.63) is 35.9 Å². The predicted octanol–water partition coefficient (Wildman–Crippen LogP) is -0.594. The number of aliphatic hydroxyl groups is 4. The Labute approximate surface area is 249 Å². The molecular weight excluding hydrogens is 562 g/mol. The summed E-state index contributed by atoms with van der Waals surface area (Å²) in [4.78, 5) is 26.6. The predicted molar refractivity (Wildman–Crippen MR) is 147 cm³/mol. The summed E-state index contributed by atoms with van der Waals surface area (Å²) in [7, 11) is 4.44. The SMILES string of the molecule is COC[C@]12CC[C@H](O)[C@]34[C@H](NC1)[C@H]([C@H](OC)[C@H]23)[C@]1(OC(C)=O)[C@H]2[C@@H](OC(=O)c3ccccc3)[C@](O)(C[C@]24O)[C@@H](OC)[C@@H]1O. The number of hydrogen-bond acceptors (Lipinski definition) is 12. The summed E-state index contributed by atoms with van der Waals surface area (Å²) >= 11 is 0. The Morgan fingerprint density at radius 3 is 2.37 bits per heavy atom. The number of aliphatic hydroxyl groups excluding tert-OH is 2. The van der Waals surface area contributed by atoms with E-state index in [1.165, 1.54) is 21.1 Å². The Morgan fingerprint density at radius 1 is 1.02 bits per heavy atom. The monoisotopic (exact) mass is 603 g/mol. The van der Waals surface area contributed by atoms with Crippen molar-refractivity contribution in [2.45, 2.75) is 79.6 Å². The zero-order valence-electron chi connectivity index (χ0n) is 24.8. The van der Waals surface area contributed by atoms with Gasteiger partial charge in [-0.15, -0.1) is 0 Å². The fourth-order valence-electron chi connectivity index (χ4n) is 11.5. The first-order valence-corrected chi connectivity index (χ1v) is 15.0. The smallest absolute Gasteiger partial charge is 0.338 e. The maximum Gasteiger partial charge on any atom is 0.338 e. The van der Waals surface area contributed by atoms with Gasteiger partial charge in [-0.3, -0.25) is 4.79 Å². The maximum absolute atomic E-state index is 13.6. The van der Waals surface area contributed by atoms with E-state index in [2.05, 4.69) is 5.32 Å². The molecule has 14 atom stereocenters. The molecule has 43 heavy (non-hydrogen) atoms. The minimum Gasteiger partial charge on any atom is -0.455 e. The lowest BCUT2D eigenvalue weighted by atomic mass is 9.41. The largest absolute Gasteiger partial charge is 0.455 e. The Balaban J connectivity index is 1.51. The molecule has 12 nitrogen and oxygen atoms in total. The van der Waals surface area contributed by atoms with Gasteiger partial charge in [-0.25, -0.2) is 4.79 Å². The van der Waals surface area contributed by atoms with E-state index < -0.39 is 100 Å². The van der Waals surface area contributed by atoms with Gasteiger partial charge >= 0.3 is 11.9 Å². The number of ether oxygens (including phenoxy) is 5. The number of fused-ring (bicyclic) bond motifs is 2. The highest BCUT2D eigenvalue weighted by molar-refractivity contribution is 5.89. The Morgan fingerprint density at radius 2 is 1.74 bits per heavy atom. The van der Waals surface area contributed by atoms with Crippen LogP contribution in [-0.2, 0) is 28.5 Å². The third-order valence-electron chi connectivity index (χ3n) is 12.3. The number of hydrogen-bond donors (Lipinski definition) is 5. The molecule has 5 saturated carbocycles. The van der Waals surface area contributed by atoms with Crippen molar-refractivity contribution in [2.75, 3.05) is 34.5 Å². The van der Waals surface area contributed by atoms with E-state index in [1.54, 1.807) is 37.4 Å². The van der Waals surface area contributed by atoms with Gasteiger partial charge in [0.25, 0.3) is 0 Å². The second kappa shape index (κ2) is 9.43. The molecular formula is C31H41NO11. The molecule has 0 amide bonds. The highest BCUT2D eigenvalue weighted by Gasteiger charge is 2.95. The van der Waals surface area contributed by atoms with Crippen LogP contribution in [0.3, 0.4) is 0 Å². The van der Waals surface area contributed by atoms with Crippen LogP contribution in [0.4, 0.5) is 0 Å². The van der Waals surface area contributed by atoms with Gasteiger partial charge in [0.15, 0.2) is 5.60 Å². The van der Waals surface area contributed by atoms with E-state index in [9.17, 15) is 30.0 Å². The molecule has 6 fully saturated rings. The number of carbonyl (C=O) groups excluding carboxylic acids is 2. The lowest BCUT2D eigenvalue weighted by Gasteiger charge is -2.69. The van der Waals surface area contributed by atoms with Crippen LogP contribution in [0, 0.1) is 28.6 Å². The average Bonchev–Trinajstić information content (AvgIpc) is 3.31. The molecule has 1 aliphatic heterocycles. The van der Waals surface area contributed by atoms with Crippen molar-refractivity contribution in [2.24, 2.45) is 28.6 Å². The first kappa shape index (κ1) is 29.5. The minimum atomic E-state index is -2.10. The molecule has 236 valence electrons. The van der Waals surface area contributed by atoms with Crippen LogP contribution in [0.2, 0.25) is 0 Å². The van der Waals surface area contributed by atoms with Gasteiger partial charge in [-0.1, -0.05) is 18.2 Å². The summed E-state index contributed by atoms with van der Waals surface area (Å²) < 4.78 is 30.1. The Hall–Kier alpha value is -2.16. The molecule has 7 bridgehead atoms. The van der Waals surface area contributed by atoms with Crippen molar-refractivity contribution in [3.63, 3.8) is 0 Å². The van der Waals surface area contributed by atoms with Crippen LogP contribution in [-0.4, -0.2) is 120 Å². The van der Waals surface area contributed by atoms with E-state index in [0.717, 1.165) is 0 Å². The molecule has 0 aromatic heterocycles. The molecule has 5 aliphatic carbocycles. The van der Waals surface area contributed by atoms with E-state index in [0.29, 0.717) is 26.0 Å². The summed E-state index contributed by atoms with van der Waals surface area (Å²) in [5, 5.41) is 53.8. The fourth-order valence-corrected chi connectivity index (χ4v) is 11.5. The van der Waals surface area contributed by atoms with Crippen molar-refractivity contribution >= 4 is 11.9 Å². The molecule has 0 radical (unpaired) electrons. The molecule has 5 N–H and O–H groups in total. The van der Waals surface area contributed by atoms with Gasteiger partial charge in [0.2, 0.25) is 0 Å². The van der Waals surface area contributed by atoms with Crippen LogP contribution >= 0.6 is 0 Å². The van der Waals surface area contributed by atoms with Crippen LogP contribution in [0.15, 0.2) is 30.3 Å². The summed E-state index contributed by atoms with van der Waals surface area (Å²) in [5.41, 5.74) is -7.76. The number of esters is 2. The highest BCUT2D eigenvalue weighted by atomic mass is 16.6. The maximum atomic E-state index is 13.6. The molecule has 7 rings (SSSR count). The minimum absolute atomic E-state index is 0.218. The van der Waals surface area contributed by atoms with Gasteiger partial charge < -0.3 is 49.4 Å². The number of carbonyl (C=O) groups is 2. The Bertz CT molecular complexity index is 1310. The molecule has 1 aromatic rings. The second-order valence-electron chi connectivity index (χ2n) is 13.7. The van der Waals surface area contributed by atoms with Crippen molar-refractivity contribution < 1.29 is 53.7 Å². The van der Waals surface area contributed by atoms with Crippen LogP contribution < -0.4 is 5.32 Å². The van der Waals surface area contributed by atoms with E-state index in [-0.39, 0.29) is 5.56 Å². The molecule has 1 aromatic carbocycles. The quantitative estimate of drug-likeness (QED) is 0.251. The fraction of sp³-hybridized carbons (Fsp3) is 0.742. The van der Waals surface area contributed by atoms with Gasteiger partial charge in [0.05, 0.1) is 35.9 Å². The van der Waals surface area contributed by atoms with Crippen LogP contribution in [0.5, 0.6) is 0 Å². The summed E-state index contributed by atoms with van der Waals surface area (Å²) in [6.45, 7) is 2.00. The lowest BCUT2D eigenvalue weighted by Crippen LogP contribution is -2.84. The highest BCUT2D eigenvalue weighted by Crippen LogP contribution is 2.80. The van der Waals surface area contributed by atoms with Crippen LogP contribution in [0.25, 0.3) is 0 Å². The second-order valence-corrected chi connectivity index (χ2v) is 13.7. The molecule has 0 unspecified atom stereocenters. The van der Waals surface area contributed by atoms with E-state index >= 15 is 0 Å². The van der Waals surface area contributed by atoms with Gasteiger partial charge in [-0.2, -0.15) is 0 Å². The molecule has 1 heterocycles. The van der Waals surface area contributed by atoms with Crippen molar-refractivity contribution in [1.82, 2.24) is 5.32 Å². The van der Waals surface area contributed by atoms with E-state index in [1.807, 2.05) is 0 Å². The number of piperidine rings is 1. The number of nitrogens with one attached hydrogen (secondary N) is 1. The molecule has 1 spiro atoms. The Kier molecular flexibility index (Phi) is 6.48. The van der Waals surface area contributed by atoms with Gasteiger partial charge in [0.1, 0.15) is 23.9 Å². The summed E-state index contributed by atoms with van der Waals surface area (Å²) in [6, 6.07) is 7.54. The summed E-state index contributed by atoms with van der Waals surface area (Å²) in [6.07, 6.45) is -5.81. The third-order valence-corrected chi connectivity index (χ3v) is 12.3. The molecule has 1 saturated heterocycles. The summed E-state index contributed by atoms with van der Waals surface area (Å²) in [5.74, 6) is -4.17.